The van der Waals surface area contributed by atoms with Gasteiger partial charge >= 0.3 is 0 Å². The van der Waals surface area contributed by atoms with Crippen LogP contribution in [0.1, 0.15) is 49.9 Å². The van der Waals surface area contributed by atoms with Crippen molar-refractivity contribution in [1.29, 1.82) is 0 Å². The lowest BCUT2D eigenvalue weighted by atomic mass is 9.81. The fourth-order valence-electron chi connectivity index (χ4n) is 10.7. The highest BCUT2D eigenvalue weighted by molar-refractivity contribution is 6.22. The maximum Gasteiger partial charge on any atom is 0.143 e. The van der Waals surface area contributed by atoms with Crippen molar-refractivity contribution in [3.05, 3.63) is 210 Å². The van der Waals surface area contributed by atoms with Gasteiger partial charge < -0.3 is 9.32 Å². The van der Waals surface area contributed by atoms with Crippen LogP contribution in [0.15, 0.2) is 192 Å². The van der Waals surface area contributed by atoms with Crippen LogP contribution in [0.2, 0.25) is 0 Å². The maximum absolute atomic E-state index is 6.94. The number of rotatable bonds is 5. The Morgan fingerprint density at radius 3 is 1.85 bits per heavy atom. The van der Waals surface area contributed by atoms with Gasteiger partial charge in [-0.1, -0.05) is 173 Å². The zero-order valence-corrected chi connectivity index (χ0v) is 34.3. The Kier molecular flexibility index (Phi) is 7.36. The van der Waals surface area contributed by atoms with Gasteiger partial charge in [-0.05, 0) is 109 Å². The van der Waals surface area contributed by atoms with E-state index in [1.54, 1.807) is 0 Å². The van der Waals surface area contributed by atoms with Gasteiger partial charge in [0.25, 0.3) is 0 Å². The van der Waals surface area contributed by atoms with Gasteiger partial charge in [-0.15, -0.1) is 0 Å². The smallest absolute Gasteiger partial charge is 0.143 e. The van der Waals surface area contributed by atoms with Crippen LogP contribution >= 0.6 is 0 Å². The molecule has 12 rings (SSSR count). The summed E-state index contributed by atoms with van der Waals surface area (Å²) < 4.78 is 6.94. The van der Waals surface area contributed by atoms with Crippen molar-refractivity contribution < 1.29 is 4.42 Å². The van der Waals surface area contributed by atoms with Crippen molar-refractivity contribution >= 4 is 49.8 Å². The molecule has 0 bridgehead atoms. The first-order valence-electron chi connectivity index (χ1n) is 21.1. The van der Waals surface area contributed by atoms with E-state index in [1.165, 1.54) is 66.8 Å². The largest absolute Gasteiger partial charge is 0.455 e. The summed E-state index contributed by atoms with van der Waals surface area (Å²) >= 11 is 0. The minimum atomic E-state index is -0.126. The summed E-state index contributed by atoms with van der Waals surface area (Å²) in [7, 11) is 0. The first-order chi connectivity index (χ1) is 29.3. The van der Waals surface area contributed by atoms with Crippen LogP contribution in [0, 0.1) is 0 Å². The summed E-state index contributed by atoms with van der Waals surface area (Å²) in [4.78, 5) is 2.45. The fourth-order valence-corrected chi connectivity index (χ4v) is 10.7. The van der Waals surface area contributed by atoms with Crippen molar-refractivity contribution in [1.82, 2.24) is 0 Å². The Hall–Kier alpha value is -7.16. The Morgan fingerprint density at radius 1 is 0.383 bits per heavy atom. The molecular formula is C58H43NO. The van der Waals surface area contributed by atoms with Gasteiger partial charge in [0.05, 0.1) is 5.69 Å². The molecule has 0 saturated heterocycles. The summed E-state index contributed by atoms with van der Waals surface area (Å²) in [6.45, 7) is 9.44. The van der Waals surface area contributed by atoms with Crippen LogP contribution in [0.4, 0.5) is 17.1 Å². The van der Waals surface area contributed by atoms with E-state index in [9.17, 15) is 0 Å². The SMILES string of the molecule is CC1(C)c2ccccc2-c2ccc(N(c3ccccc3)c3cc4c(oc5cccc(-c6ccc7c(c6)-c6c(-c8ccccc8)cccc6C7(C)C)c54)c4ccccc34)cc21. The molecule has 0 saturated carbocycles. The van der Waals surface area contributed by atoms with Crippen LogP contribution < -0.4 is 4.90 Å². The molecule has 0 N–H and O–H groups in total. The van der Waals surface area contributed by atoms with E-state index in [0.717, 1.165) is 49.8 Å². The Balaban J connectivity index is 1.09. The number of benzene rings is 9. The van der Waals surface area contributed by atoms with E-state index in [1.807, 2.05) is 0 Å². The van der Waals surface area contributed by atoms with Crippen molar-refractivity contribution in [2.45, 2.75) is 38.5 Å². The fraction of sp³-hybridized carbons (Fsp3) is 0.103. The molecule has 0 fully saturated rings. The van der Waals surface area contributed by atoms with E-state index >= 15 is 0 Å². The number of nitrogens with zero attached hydrogens (tertiary/aromatic N) is 1. The Morgan fingerprint density at radius 2 is 1.02 bits per heavy atom. The molecule has 60 heavy (non-hydrogen) atoms. The maximum atomic E-state index is 6.94. The zero-order chi connectivity index (χ0) is 40.3. The standard InChI is InChI=1S/C58H43NO/c1-57(2)49-32-29-37(33-46(49)54-40(24-15-27-50(54)57)36-17-7-5-8-18-36)41-25-16-28-53-55(41)47-35-52(44-22-11-12-23-45(44)56(47)60-53)59(38-19-9-6-10-20-38)39-30-31-43-42-21-13-14-26-48(42)58(3,4)51(43)34-39/h5-35H,1-4H3. The molecule has 2 nitrogen and oxygen atoms in total. The average Bonchev–Trinajstić information content (AvgIpc) is 3.87. The molecule has 0 unspecified atom stereocenters. The molecule has 2 aliphatic rings. The van der Waals surface area contributed by atoms with Crippen LogP contribution in [0.3, 0.4) is 0 Å². The minimum absolute atomic E-state index is 0.118. The van der Waals surface area contributed by atoms with Gasteiger partial charge in [0.1, 0.15) is 11.2 Å². The van der Waals surface area contributed by atoms with Crippen LogP contribution in [0.5, 0.6) is 0 Å². The predicted molar refractivity (Wildman–Crippen MR) is 252 cm³/mol. The zero-order valence-electron chi connectivity index (χ0n) is 34.3. The Bertz CT molecular complexity index is 3370. The molecule has 0 amide bonds. The molecule has 1 heterocycles. The third-order valence-electron chi connectivity index (χ3n) is 13.7. The van der Waals surface area contributed by atoms with Gasteiger partial charge in [-0.3, -0.25) is 0 Å². The molecule has 286 valence electrons. The molecule has 2 heteroatoms. The summed E-state index contributed by atoms with van der Waals surface area (Å²) in [6.07, 6.45) is 0. The highest BCUT2D eigenvalue weighted by atomic mass is 16.3. The third kappa shape index (κ3) is 4.88. The third-order valence-corrected chi connectivity index (χ3v) is 13.7. The predicted octanol–water partition coefficient (Wildman–Crippen LogP) is 16.2. The summed E-state index contributed by atoms with van der Waals surface area (Å²) in [5.74, 6) is 0. The number of furan rings is 1. The molecule has 10 aromatic rings. The second kappa shape index (κ2) is 12.7. The van der Waals surface area contributed by atoms with Gasteiger partial charge in [-0.2, -0.15) is 0 Å². The second-order valence-corrected chi connectivity index (χ2v) is 17.6. The molecule has 1 aromatic heterocycles. The van der Waals surface area contributed by atoms with E-state index in [0.29, 0.717) is 0 Å². The first-order valence-corrected chi connectivity index (χ1v) is 21.1. The van der Waals surface area contributed by atoms with Crippen molar-refractivity contribution in [2.75, 3.05) is 4.90 Å². The van der Waals surface area contributed by atoms with E-state index < -0.39 is 0 Å². The highest BCUT2D eigenvalue weighted by Gasteiger charge is 2.38. The molecular weight excluding hydrogens is 727 g/mol. The van der Waals surface area contributed by atoms with Crippen molar-refractivity contribution in [3.63, 3.8) is 0 Å². The minimum Gasteiger partial charge on any atom is -0.455 e. The highest BCUT2D eigenvalue weighted by Crippen LogP contribution is 2.55. The quantitative estimate of drug-likeness (QED) is 0.173. The number of anilines is 3. The van der Waals surface area contributed by atoms with Gasteiger partial charge in [-0.25, -0.2) is 0 Å². The summed E-state index contributed by atoms with van der Waals surface area (Å²) in [6, 6.07) is 69.2. The normalized spacial score (nSPS) is 14.3. The molecule has 0 radical (unpaired) electrons. The summed E-state index contributed by atoms with van der Waals surface area (Å²) in [5.41, 5.74) is 20.5. The lowest BCUT2D eigenvalue weighted by molar-refractivity contribution is 0.660. The number of fused-ring (bicyclic) bond motifs is 11. The molecule has 0 atom stereocenters. The summed E-state index contributed by atoms with van der Waals surface area (Å²) in [5, 5.41) is 4.48. The van der Waals surface area contributed by atoms with Crippen LogP contribution in [-0.2, 0) is 10.8 Å². The molecule has 0 aliphatic heterocycles. The second-order valence-electron chi connectivity index (χ2n) is 17.6. The van der Waals surface area contributed by atoms with E-state index in [-0.39, 0.29) is 10.8 Å². The lowest BCUT2D eigenvalue weighted by Gasteiger charge is -2.29. The van der Waals surface area contributed by atoms with Crippen molar-refractivity contribution in [3.8, 4) is 44.5 Å². The molecule has 0 spiro atoms. The average molecular weight is 770 g/mol. The van der Waals surface area contributed by atoms with Crippen LogP contribution in [0.25, 0.3) is 77.2 Å². The van der Waals surface area contributed by atoms with Crippen molar-refractivity contribution in [2.24, 2.45) is 0 Å². The number of para-hydroxylation sites is 1. The number of hydrogen-bond donors (Lipinski definition) is 0. The van der Waals surface area contributed by atoms with Gasteiger partial charge in [0, 0.05) is 43.7 Å². The van der Waals surface area contributed by atoms with Crippen LogP contribution in [-0.4, -0.2) is 0 Å². The lowest BCUT2D eigenvalue weighted by Crippen LogP contribution is -2.16. The van der Waals surface area contributed by atoms with E-state index in [4.69, 9.17) is 4.42 Å². The first kappa shape index (κ1) is 34.8. The van der Waals surface area contributed by atoms with Gasteiger partial charge in [0.2, 0.25) is 0 Å². The van der Waals surface area contributed by atoms with E-state index in [2.05, 4.69) is 221 Å². The molecule has 2 aliphatic carbocycles. The monoisotopic (exact) mass is 769 g/mol. The molecule has 9 aromatic carbocycles. The van der Waals surface area contributed by atoms with Gasteiger partial charge in [0.15, 0.2) is 0 Å². The topological polar surface area (TPSA) is 16.4 Å². The Labute approximate surface area is 351 Å². The number of hydrogen-bond acceptors (Lipinski definition) is 2.